The van der Waals surface area contributed by atoms with Gasteiger partial charge in [-0.25, -0.2) is 8.78 Å². The molecular formula is C24H34F4O. The largest absolute Gasteiger partial charge is 0.429 e. The number of halogens is 4. The van der Waals surface area contributed by atoms with Crippen LogP contribution in [0.2, 0.25) is 0 Å². The molecule has 1 aromatic rings. The summed E-state index contributed by atoms with van der Waals surface area (Å²) >= 11 is 0. The van der Waals surface area contributed by atoms with Gasteiger partial charge in [-0.15, -0.1) is 0 Å². The summed E-state index contributed by atoms with van der Waals surface area (Å²) in [5, 5.41) is 0. The Morgan fingerprint density at radius 3 is 1.93 bits per heavy atom. The van der Waals surface area contributed by atoms with Crippen molar-refractivity contribution in [1.29, 1.82) is 0 Å². The number of benzene rings is 1. The normalized spacial score (nSPS) is 27.9. The zero-order valence-corrected chi connectivity index (χ0v) is 17.4. The van der Waals surface area contributed by atoms with Crippen molar-refractivity contribution in [3.8, 4) is 5.75 Å². The van der Waals surface area contributed by atoms with Crippen molar-refractivity contribution in [1.82, 2.24) is 0 Å². The molecule has 1 nitrogen and oxygen atoms in total. The van der Waals surface area contributed by atoms with E-state index in [1.165, 1.54) is 63.5 Å². The number of ether oxygens (including phenoxy) is 1. The van der Waals surface area contributed by atoms with Crippen molar-refractivity contribution in [2.45, 2.75) is 96.5 Å². The van der Waals surface area contributed by atoms with Crippen LogP contribution in [0.3, 0.4) is 0 Å². The van der Waals surface area contributed by atoms with E-state index in [1.807, 2.05) is 0 Å². The minimum Gasteiger partial charge on any atom is -0.429 e. The predicted molar refractivity (Wildman–Crippen MR) is 107 cm³/mol. The molecule has 3 rings (SSSR count). The zero-order chi connectivity index (χ0) is 20.8. The van der Waals surface area contributed by atoms with Crippen molar-refractivity contribution in [2.75, 3.05) is 0 Å². The highest BCUT2D eigenvalue weighted by molar-refractivity contribution is 5.33. The van der Waals surface area contributed by atoms with Crippen LogP contribution in [0, 0.1) is 29.4 Å². The van der Waals surface area contributed by atoms with Crippen molar-refractivity contribution >= 4 is 0 Å². The third kappa shape index (κ3) is 6.11. The van der Waals surface area contributed by atoms with E-state index in [-0.39, 0.29) is 5.92 Å². The smallest absolute Gasteiger partial charge is 0.387 e. The molecule has 2 aliphatic rings. The molecule has 0 unspecified atom stereocenters. The highest BCUT2D eigenvalue weighted by atomic mass is 19.3. The maximum atomic E-state index is 14.0. The standard InChI is InChI=1S/C24H34F4O/c1-2-3-4-5-16-6-8-17(9-7-16)18-10-12-19(13-11-18)20-14-21(25)23(22(26)15-20)29-24(27)28/h14-19,24H,2-13H2,1H3. The Kier molecular flexibility index (Phi) is 8.25. The van der Waals surface area contributed by atoms with Gasteiger partial charge in [-0.05, 0) is 79.9 Å². The van der Waals surface area contributed by atoms with Crippen molar-refractivity contribution < 1.29 is 22.3 Å². The fourth-order valence-corrected chi connectivity index (χ4v) is 5.57. The molecular weight excluding hydrogens is 380 g/mol. The topological polar surface area (TPSA) is 9.23 Å². The van der Waals surface area contributed by atoms with Crippen LogP contribution in [0.1, 0.15) is 95.5 Å². The van der Waals surface area contributed by atoms with Gasteiger partial charge in [0.25, 0.3) is 0 Å². The van der Waals surface area contributed by atoms with Crippen molar-refractivity contribution in [3.05, 3.63) is 29.3 Å². The molecule has 2 saturated carbocycles. The van der Waals surface area contributed by atoms with Gasteiger partial charge in [0.1, 0.15) is 0 Å². The molecule has 0 atom stereocenters. The first-order valence-corrected chi connectivity index (χ1v) is 11.4. The number of rotatable bonds is 8. The summed E-state index contributed by atoms with van der Waals surface area (Å²) in [5.74, 6) is -0.524. The summed E-state index contributed by atoms with van der Waals surface area (Å²) < 4.78 is 56.7. The van der Waals surface area contributed by atoms with Crippen LogP contribution in [0.25, 0.3) is 0 Å². The van der Waals surface area contributed by atoms with Gasteiger partial charge < -0.3 is 4.74 Å². The summed E-state index contributed by atoms with van der Waals surface area (Å²) in [6.07, 6.45) is 14.8. The van der Waals surface area contributed by atoms with Crippen LogP contribution < -0.4 is 4.74 Å². The molecule has 0 aliphatic heterocycles. The highest BCUT2D eigenvalue weighted by Crippen LogP contribution is 2.45. The lowest BCUT2D eigenvalue weighted by Gasteiger charge is -2.38. The van der Waals surface area contributed by atoms with E-state index in [2.05, 4.69) is 11.7 Å². The van der Waals surface area contributed by atoms with Gasteiger partial charge in [-0.2, -0.15) is 8.78 Å². The average molecular weight is 415 g/mol. The van der Waals surface area contributed by atoms with Gasteiger partial charge in [0, 0.05) is 0 Å². The maximum absolute atomic E-state index is 14.0. The Hall–Kier alpha value is -1.26. The highest BCUT2D eigenvalue weighted by Gasteiger charge is 2.32. The van der Waals surface area contributed by atoms with Crippen molar-refractivity contribution in [2.24, 2.45) is 17.8 Å². The lowest BCUT2D eigenvalue weighted by Crippen LogP contribution is -2.25. The van der Waals surface area contributed by atoms with Crippen LogP contribution in [0.15, 0.2) is 12.1 Å². The van der Waals surface area contributed by atoms with Crippen LogP contribution in [-0.4, -0.2) is 6.61 Å². The third-order valence-corrected chi connectivity index (χ3v) is 7.24. The summed E-state index contributed by atoms with van der Waals surface area (Å²) in [6, 6.07) is 2.35. The third-order valence-electron chi connectivity index (χ3n) is 7.24. The van der Waals surface area contributed by atoms with Crippen molar-refractivity contribution in [3.63, 3.8) is 0 Å². The van der Waals surface area contributed by atoms with E-state index in [9.17, 15) is 17.6 Å². The summed E-state index contributed by atoms with van der Waals surface area (Å²) in [5.41, 5.74) is 0.569. The lowest BCUT2D eigenvalue weighted by molar-refractivity contribution is -0.0546. The molecule has 1 aromatic carbocycles. The molecule has 5 heteroatoms. The van der Waals surface area contributed by atoms with E-state index < -0.39 is 24.0 Å². The van der Waals surface area contributed by atoms with Crippen LogP contribution >= 0.6 is 0 Å². The summed E-state index contributed by atoms with van der Waals surface area (Å²) in [4.78, 5) is 0. The van der Waals surface area contributed by atoms with Gasteiger partial charge in [-0.3, -0.25) is 0 Å². The Morgan fingerprint density at radius 2 is 1.41 bits per heavy atom. The van der Waals surface area contributed by atoms with Gasteiger partial charge >= 0.3 is 6.61 Å². The van der Waals surface area contributed by atoms with Crippen LogP contribution in [-0.2, 0) is 0 Å². The Bertz CT molecular complexity index is 609. The zero-order valence-electron chi connectivity index (χ0n) is 17.4. The van der Waals surface area contributed by atoms with E-state index in [0.29, 0.717) is 5.56 Å². The molecule has 2 aliphatic carbocycles. The average Bonchev–Trinajstić information content (AvgIpc) is 2.71. The van der Waals surface area contributed by atoms with Gasteiger partial charge in [0.05, 0.1) is 0 Å². The number of hydrogen-bond acceptors (Lipinski definition) is 1. The Balaban J connectivity index is 1.48. The fourth-order valence-electron chi connectivity index (χ4n) is 5.57. The number of alkyl halides is 2. The molecule has 0 saturated heterocycles. The molecule has 0 aromatic heterocycles. The molecule has 164 valence electrons. The van der Waals surface area contributed by atoms with E-state index >= 15 is 0 Å². The monoisotopic (exact) mass is 414 g/mol. The van der Waals surface area contributed by atoms with Crippen LogP contribution in [0.5, 0.6) is 5.75 Å². The number of hydrogen-bond donors (Lipinski definition) is 0. The molecule has 0 heterocycles. The quantitative estimate of drug-likeness (QED) is 0.307. The first-order chi connectivity index (χ1) is 14.0. The summed E-state index contributed by atoms with van der Waals surface area (Å²) in [6.45, 7) is -0.983. The van der Waals surface area contributed by atoms with Crippen LogP contribution in [0.4, 0.5) is 17.6 Å². The Labute approximate surface area is 172 Å². The van der Waals surface area contributed by atoms with Gasteiger partial charge in [0.2, 0.25) is 0 Å². The SMILES string of the molecule is CCCCCC1CCC(C2CCC(c3cc(F)c(OC(F)F)c(F)c3)CC2)CC1. The maximum Gasteiger partial charge on any atom is 0.387 e. The predicted octanol–water partition coefficient (Wildman–Crippen LogP) is 8.23. The second-order valence-electron chi connectivity index (χ2n) is 9.08. The molecule has 0 radical (unpaired) electrons. The molecule has 0 N–H and O–H groups in total. The molecule has 29 heavy (non-hydrogen) atoms. The second-order valence-corrected chi connectivity index (χ2v) is 9.08. The van der Waals surface area contributed by atoms with E-state index in [4.69, 9.17) is 0 Å². The Morgan fingerprint density at radius 1 is 0.862 bits per heavy atom. The summed E-state index contributed by atoms with van der Waals surface area (Å²) in [7, 11) is 0. The molecule has 0 spiro atoms. The first-order valence-electron chi connectivity index (χ1n) is 11.4. The van der Waals surface area contributed by atoms with Gasteiger partial charge in [-0.1, -0.05) is 45.4 Å². The minimum absolute atomic E-state index is 0.0984. The van der Waals surface area contributed by atoms with Gasteiger partial charge in [0.15, 0.2) is 17.4 Å². The van der Waals surface area contributed by atoms with E-state index in [0.717, 1.165) is 43.4 Å². The fraction of sp³-hybridized carbons (Fsp3) is 0.750. The van der Waals surface area contributed by atoms with E-state index in [1.54, 1.807) is 0 Å². The first kappa shape index (κ1) is 22.4. The lowest BCUT2D eigenvalue weighted by atomic mass is 9.68. The molecule has 0 bridgehead atoms. The number of unbranched alkanes of at least 4 members (excludes halogenated alkanes) is 2. The minimum atomic E-state index is -3.23. The second kappa shape index (κ2) is 10.7. The molecule has 0 amide bonds. The molecule has 2 fully saturated rings.